The van der Waals surface area contributed by atoms with Gasteiger partial charge in [-0.1, -0.05) is 0 Å². The van der Waals surface area contributed by atoms with E-state index in [0.29, 0.717) is 24.1 Å². The molecular formula is C17H29N5O2S. The Kier molecular flexibility index (Phi) is 5.78. The van der Waals surface area contributed by atoms with E-state index < -0.39 is 0 Å². The van der Waals surface area contributed by atoms with Crippen LogP contribution in [0.3, 0.4) is 0 Å². The maximum Gasteiger partial charge on any atom is 0.237 e. The van der Waals surface area contributed by atoms with Crippen LogP contribution in [-0.2, 0) is 9.59 Å². The van der Waals surface area contributed by atoms with E-state index in [0.717, 1.165) is 19.4 Å². The largest absolute Gasteiger partial charge is 0.360 e. The molecular weight excluding hydrogens is 338 g/mol. The topological polar surface area (TPSA) is 85.5 Å². The van der Waals surface area contributed by atoms with E-state index in [9.17, 15) is 9.59 Å². The van der Waals surface area contributed by atoms with Crippen molar-refractivity contribution in [2.24, 2.45) is 0 Å². The van der Waals surface area contributed by atoms with E-state index >= 15 is 0 Å². The van der Waals surface area contributed by atoms with Crippen LogP contribution in [0.1, 0.15) is 46.0 Å². The number of carbonyl (C=O) groups excluding carboxylic acids is 2. The molecule has 0 radical (unpaired) electrons. The van der Waals surface area contributed by atoms with Crippen molar-refractivity contribution in [2.45, 2.75) is 76.2 Å². The van der Waals surface area contributed by atoms with Gasteiger partial charge in [0.15, 0.2) is 5.11 Å². The zero-order valence-corrected chi connectivity index (χ0v) is 15.8. The highest BCUT2D eigenvalue weighted by Gasteiger charge is 2.43. The summed E-state index contributed by atoms with van der Waals surface area (Å²) in [5.41, 5.74) is 0. The molecule has 0 aromatic carbocycles. The molecule has 3 fully saturated rings. The van der Waals surface area contributed by atoms with Gasteiger partial charge < -0.3 is 21.3 Å². The lowest BCUT2D eigenvalue weighted by molar-refractivity contribution is -0.129. The zero-order chi connectivity index (χ0) is 18.0. The van der Waals surface area contributed by atoms with Crippen LogP contribution in [0.5, 0.6) is 0 Å². The van der Waals surface area contributed by atoms with Gasteiger partial charge in [0.05, 0.1) is 6.04 Å². The summed E-state index contributed by atoms with van der Waals surface area (Å²) >= 11 is 5.36. The molecule has 2 heterocycles. The smallest absolute Gasteiger partial charge is 0.237 e. The Labute approximate surface area is 154 Å². The first-order valence-electron chi connectivity index (χ1n) is 9.32. The predicted molar refractivity (Wildman–Crippen MR) is 100 cm³/mol. The molecule has 1 aliphatic carbocycles. The van der Waals surface area contributed by atoms with Gasteiger partial charge in [-0.05, 0) is 51.7 Å². The minimum absolute atomic E-state index is 0.0760. The molecule has 25 heavy (non-hydrogen) atoms. The number of carbonyl (C=O) groups is 2. The first-order valence-corrected chi connectivity index (χ1v) is 9.73. The summed E-state index contributed by atoms with van der Waals surface area (Å²) in [6, 6.07) is 0.955. The van der Waals surface area contributed by atoms with Gasteiger partial charge in [-0.15, -0.1) is 0 Å². The average Bonchev–Trinajstić information content (AvgIpc) is 3.22. The summed E-state index contributed by atoms with van der Waals surface area (Å²) in [4.78, 5) is 26.4. The Balaban J connectivity index is 1.51. The fourth-order valence-electron chi connectivity index (χ4n) is 3.68. The van der Waals surface area contributed by atoms with Crippen LogP contribution < -0.4 is 21.3 Å². The molecule has 2 amide bonds. The third-order valence-corrected chi connectivity index (χ3v) is 5.26. The Bertz CT molecular complexity index is 537. The summed E-state index contributed by atoms with van der Waals surface area (Å²) in [6.07, 6.45) is 4.37. The third kappa shape index (κ3) is 5.04. The SMILES string of the molecule is CC(C)NC(=O)CCC1CNC(=O)C2CC(NC(=S)NC3CC3)CN12. The van der Waals surface area contributed by atoms with Crippen LogP contribution in [0.2, 0.25) is 0 Å². The third-order valence-electron chi connectivity index (χ3n) is 5.02. The number of amides is 2. The molecule has 7 nitrogen and oxygen atoms in total. The van der Waals surface area contributed by atoms with Crippen LogP contribution in [0.25, 0.3) is 0 Å². The first-order chi connectivity index (χ1) is 11.9. The van der Waals surface area contributed by atoms with Crippen LogP contribution in [0.4, 0.5) is 0 Å². The molecule has 3 unspecified atom stereocenters. The highest BCUT2D eigenvalue weighted by molar-refractivity contribution is 7.80. The molecule has 3 rings (SSSR count). The summed E-state index contributed by atoms with van der Waals surface area (Å²) in [6.45, 7) is 5.33. The first kappa shape index (κ1) is 18.4. The second-order valence-corrected chi connectivity index (χ2v) is 8.11. The number of thiocarbonyl (C=S) groups is 1. The van der Waals surface area contributed by atoms with Crippen LogP contribution in [0, 0.1) is 0 Å². The summed E-state index contributed by atoms with van der Waals surface area (Å²) in [5.74, 6) is 0.167. The number of fused-ring (bicyclic) bond motifs is 1. The molecule has 3 atom stereocenters. The van der Waals surface area contributed by atoms with E-state index in [2.05, 4.69) is 26.2 Å². The maximum absolute atomic E-state index is 12.2. The molecule has 140 valence electrons. The van der Waals surface area contributed by atoms with E-state index in [-0.39, 0.29) is 36.0 Å². The van der Waals surface area contributed by atoms with Gasteiger partial charge in [0.25, 0.3) is 0 Å². The van der Waals surface area contributed by atoms with Gasteiger partial charge in [0.2, 0.25) is 11.8 Å². The Hall–Kier alpha value is -1.41. The van der Waals surface area contributed by atoms with Gasteiger partial charge in [-0.3, -0.25) is 14.5 Å². The molecule has 2 saturated heterocycles. The number of nitrogens with zero attached hydrogens (tertiary/aromatic N) is 1. The Morgan fingerprint density at radius 2 is 2.04 bits per heavy atom. The van der Waals surface area contributed by atoms with Crippen molar-refractivity contribution in [1.29, 1.82) is 0 Å². The second kappa shape index (κ2) is 7.86. The summed E-state index contributed by atoms with van der Waals surface area (Å²) in [7, 11) is 0. The van der Waals surface area contributed by atoms with Crippen LogP contribution >= 0.6 is 12.2 Å². The average molecular weight is 368 g/mol. The van der Waals surface area contributed by atoms with Gasteiger partial charge >= 0.3 is 0 Å². The molecule has 0 bridgehead atoms. The lowest BCUT2D eigenvalue weighted by Crippen LogP contribution is -2.58. The fourth-order valence-corrected chi connectivity index (χ4v) is 4.01. The quantitative estimate of drug-likeness (QED) is 0.489. The lowest BCUT2D eigenvalue weighted by Gasteiger charge is -2.37. The van der Waals surface area contributed by atoms with Crippen molar-refractivity contribution < 1.29 is 9.59 Å². The van der Waals surface area contributed by atoms with Gasteiger partial charge in [-0.2, -0.15) is 0 Å². The Morgan fingerprint density at radius 3 is 2.72 bits per heavy atom. The lowest BCUT2D eigenvalue weighted by atomic mass is 10.0. The molecule has 0 aromatic heterocycles. The summed E-state index contributed by atoms with van der Waals surface area (Å²) in [5, 5.41) is 13.3. The predicted octanol–water partition coefficient (Wildman–Crippen LogP) is -0.141. The number of rotatable bonds is 6. The van der Waals surface area contributed by atoms with E-state index in [1.807, 2.05) is 13.8 Å². The molecule has 2 aliphatic heterocycles. The number of hydrogen-bond donors (Lipinski definition) is 4. The van der Waals surface area contributed by atoms with Crippen molar-refractivity contribution in [2.75, 3.05) is 13.1 Å². The minimum Gasteiger partial charge on any atom is -0.360 e. The molecule has 8 heteroatoms. The van der Waals surface area contributed by atoms with Crippen LogP contribution in [-0.4, -0.2) is 65.1 Å². The highest BCUT2D eigenvalue weighted by atomic mass is 32.1. The molecule has 0 aromatic rings. The molecule has 0 spiro atoms. The normalized spacial score (nSPS) is 29.1. The second-order valence-electron chi connectivity index (χ2n) is 7.70. The standard InChI is InChI=1S/C17H29N5O2S/c1-10(2)19-15(23)6-5-13-8-18-16(24)14-7-12(9-22(13)14)21-17(25)20-11-3-4-11/h10-14H,3-9H2,1-2H3,(H,18,24)(H,19,23)(H2,20,21,25). The van der Waals surface area contributed by atoms with Crippen LogP contribution in [0.15, 0.2) is 0 Å². The molecule has 1 saturated carbocycles. The minimum atomic E-state index is -0.117. The number of hydrogen-bond acceptors (Lipinski definition) is 4. The maximum atomic E-state index is 12.2. The molecule has 4 N–H and O–H groups in total. The van der Waals surface area contributed by atoms with Gasteiger partial charge in [0, 0.05) is 43.7 Å². The number of piperazine rings is 1. The van der Waals surface area contributed by atoms with E-state index in [1.54, 1.807) is 0 Å². The highest BCUT2D eigenvalue weighted by Crippen LogP contribution is 2.26. The molecule has 3 aliphatic rings. The fraction of sp³-hybridized carbons (Fsp3) is 0.824. The van der Waals surface area contributed by atoms with Crippen molar-refractivity contribution in [1.82, 2.24) is 26.2 Å². The van der Waals surface area contributed by atoms with Crippen molar-refractivity contribution in [3.8, 4) is 0 Å². The van der Waals surface area contributed by atoms with Crippen molar-refractivity contribution >= 4 is 29.1 Å². The van der Waals surface area contributed by atoms with E-state index in [4.69, 9.17) is 12.2 Å². The van der Waals surface area contributed by atoms with Gasteiger partial charge in [-0.25, -0.2) is 0 Å². The monoisotopic (exact) mass is 367 g/mol. The Morgan fingerprint density at radius 1 is 1.32 bits per heavy atom. The number of nitrogens with one attached hydrogen (secondary N) is 4. The van der Waals surface area contributed by atoms with Gasteiger partial charge in [0.1, 0.15) is 0 Å². The van der Waals surface area contributed by atoms with E-state index in [1.165, 1.54) is 12.8 Å². The van der Waals surface area contributed by atoms with Crippen molar-refractivity contribution in [3.63, 3.8) is 0 Å². The summed E-state index contributed by atoms with van der Waals surface area (Å²) < 4.78 is 0. The zero-order valence-electron chi connectivity index (χ0n) is 15.0. The van der Waals surface area contributed by atoms with Crippen molar-refractivity contribution in [3.05, 3.63) is 0 Å².